The fourth-order valence-electron chi connectivity index (χ4n) is 9.04. The number of anilines is 2. The van der Waals surface area contributed by atoms with Crippen LogP contribution in [-0.2, 0) is 31.9 Å². The highest BCUT2D eigenvalue weighted by Gasteiger charge is 2.57. The van der Waals surface area contributed by atoms with E-state index in [0.717, 1.165) is 63.1 Å². The van der Waals surface area contributed by atoms with Crippen molar-refractivity contribution in [1.82, 2.24) is 19.8 Å². The second-order valence-corrected chi connectivity index (χ2v) is 13.6. The van der Waals surface area contributed by atoms with E-state index >= 15 is 0 Å². The van der Waals surface area contributed by atoms with Gasteiger partial charge in [0.15, 0.2) is 0 Å². The molecule has 4 saturated heterocycles. The predicted octanol–water partition coefficient (Wildman–Crippen LogP) is 4.09. The Morgan fingerprint density at radius 3 is 2.62 bits per heavy atom. The average molecular weight is 621 g/mol. The molecule has 0 bridgehead atoms. The first kappa shape index (κ1) is 29.3. The summed E-state index contributed by atoms with van der Waals surface area (Å²) in [6.07, 6.45) is 5.36. The number of piperazine rings is 1. The van der Waals surface area contributed by atoms with Crippen molar-refractivity contribution >= 4 is 17.4 Å². The highest BCUT2D eigenvalue weighted by Crippen LogP contribution is 2.55. The Morgan fingerprint density at radius 1 is 1.11 bits per heavy atom. The molecule has 0 radical (unpaired) electrons. The van der Waals surface area contributed by atoms with E-state index in [2.05, 4.69) is 45.3 Å². The van der Waals surface area contributed by atoms with Crippen LogP contribution in [0.1, 0.15) is 66.6 Å². The number of hydrogen-bond donors (Lipinski definition) is 0. The van der Waals surface area contributed by atoms with Crippen molar-refractivity contribution < 1.29 is 23.0 Å². The molecular weight excluding hydrogens is 578 g/mol. The van der Waals surface area contributed by atoms with Crippen molar-refractivity contribution in [3.05, 3.63) is 59.1 Å². The maximum atomic E-state index is 14.6. The fourth-order valence-corrected chi connectivity index (χ4v) is 9.04. The first-order valence-electron chi connectivity index (χ1n) is 16.6. The topological polar surface area (TPSA) is 74.3 Å². The Labute approximate surface area is 263 Å². The summed E-state index contributed by atoms with van der Waals surface area (Å²) >= 11 is 0. The summed E-state index contributed by atoms with van der Waals surface area (Å²) in [5, 5.41) is 0. The number of alkyl halides is 2. The number of carbonyl (C=O) groups is 1. The third-order valence-corrected chi connectivity index (χ3v) is 11.4. The van der Waals surface area contributed by atoms with Gasteiger partial charge < -0.3 is 24.2 Å². The Hall–Kier alpha value is -3.15. The Balaban J connectivity index is 1.03. The van der Waals surface area contributed by atoms with Gasteiger partial charge in [-0.05, 0) is 56.7 Å². The number of rotatable bonds is 4. The number of amides is 1. The van der Waals surface area contributed by atoms with Crippen LogP contribution in [0.25, 0.3) is 0 Å². The molecule has 1 amide bonds. The number of hydrogen-bond acceptors (Lipinski definition) is 8. The maximum Gasteiger partial charge on any atom is 0.280 e. The van der Waals surface area contributed by atoms with Gasteiger partial charge in [0.2, 0.25) is 5.91 Å². The van der Waals surface area contributed by atoms with E-state index in [1.807, 2.05) is 11.1 Å². The lowest BCUT2D eigenvalue weighted by Crippen LogP contribution is -2.69. The smallest absolute Gasteiger partial charge is 0.280 e. The first-order chi connectivity index (χ1) is 21.8. The van der Waals surface area contributed by atoms with Gasteiger partial charge in [0.05, 0.1) is 17.9 Å². The Kier molecular flexibility index (Phi) is 7.14. The number of aryl methyl sites for hydroxylation is 1. The molecule has 8 heterocycles. The molecule has 240 valence electrons. The summed E-state index contributed by atoms with van der Waals surface area (Å²) in [5.41, 5.74) is 4.03. The molecule has 45 heavy (non-hydrogen) atoms. The quantitative estimate of drug-likeness (QED) is 0.474. The summed E-state index contributed by atoms with van der Waals surface area (Å²) in [7, 11) is 0. The van der Waals surface area contributed by atoms with E-state index in [1.165, 1.54) is 17.2 Å². The highest BCUT2D eigenvalue weighted by molar-refractivity contribution is 5.87. The lowest BCUT2D eigenvalue weighted by atomic mass is 9.81. The van der Waals surface area contributed by atoms with Crippen molar-refractivity contribution in [2.24, 2.45) is 0 Å². The Bertz CT molecular complexity index is 1500. The molecule has 8 rings (SSSR count). The van der Waals surface area contributed by atoms with Crippen molar-refractivity contribution in [1.29, 1.82) is 0 Å². The number of nitrogens with zero attached hydrogens (tertiary/aromatic N) is 6. The standard InChI is InChI=1S/C34H42F2N6O3/c1-3-28(43)41-16-14-39(15-17-41)26-20-42-24(26)6-4-5-23-25(42)19-27(38-30(23)32(35)36)40-12-8-33(9-13-40)29-22(2)7-11-37-31(29)34(45-33)10-18-44-21-34/h3,7,11,19,24,26,32H,1,4-6,8-10,12-18,20-21H2,2H3/t24?,26-,34+/m1/s1. The van der Waals surface area contributed by atoms with Gasteiger partial charge in [0, 0.05) is 100 Å². The van der Waals surface area contributed by atoms with E-state index in [9.17, 15) is 13.6 Å². The maximum absolute atomic E-state index is 14.6. The molecule has 2 aromatic heterocycles. The molecule has 0 aromatic carbocycles. The molecule has 6 aliphatic heterocycles. The minimum atomic E-state index is -2.63. The molecule has 0 aliphatic carbocycles. The van der Waals surface area contributed by atoms with Gasteiger partial charge in [-0.15, -0.1) is 0 Å². The predicted molar refractivity (Wildman–Crippen MR) is 166 cm³/mol. The summed E-state index contributed by atoms with van der Waals surface area (Å²) in [6, 6.07) is 4.78. The molecule has 2 spiro atoms. The van der Waals surface area contributed by atoms with Gasteiger partial charge in [-0.2, -0.15) is 0 Å². The monoisotopic (exact) mass is 620 g/mol. The first-order valence-corrected chi connectivity index (χ1v) is 16.6. The highest BCUT2D eigenvalue weighted by atomic mass is 19.3. The second kappa shape index (κ2) is 11.0. The van der Waals surface area contributed by atoms with Crippen LogP contribution < -0.4 is 9.80 Å². The van der Waals surface area contributed by atoms with Gasteiger partial charge in [0.25, 0.3) is 6.43 Å². The third-order valence-electron chi connectivity index (χ3n) is 11.4. The number of aromatic nitrogens is 2. The van der Waals surface area contributed by atoms with Gasteiger partial charge in [-0.3, -0.25) is 14.7 Å². The van der Waals surface area contributed by atoms with Crippen molar-refractivity contribution in [3.8, 4) is 0 Å². The van der Waals surface area contributed by atoms with Crippen LogP contribution in [0.15, 0.2) is 31.0 Å². The number of fused-ring (bicyclic) bond motifs is 6. The molecule has 0 N–H and O–H groups in total. The largest absolute Gasteiger partial charge is 0.378 e. The number of ether oxygens (including phenoxy) is 2. The summed E-state index contributed by atoms with van der Waals surface area (Å²) < 4.78 is 42.0. The number of halogens is 2. The Morgan fingerprint density at radius 2 is 1.91 bits per heavy atom. The van der Waals surface area contributed by atoms with Gasteiger partial charge in [-0.25, -0.2) is 13.8 Å². The molecular formula is C34H42F2N6O3. The van der Waals surface area contributed by atoms with Gasteiger partial charge >= 0.3 is 0 Å². The normalized spacial score (nSPS) is 29.0. The number of piperidine rings is 1. The zero-order valence-electron chi connectivity index (χ0n) is 26.0. The third kappa shape index (κ3) is 4.59. The van der Waals surface area contributed by atoms with Crippen LogP contribution in [0, 0.1) is 6.92 Å². The van der Waals surface area contributed by atoms with Crippen LogP contribution in [0.2, 0.25) is 0 Å². The van der Waals surface area contributed by atoms with E-state index in [4.69, 9.17) is 14.5 Å². The van der Waals surface area contributed by atoms with Crippen LogP contribution in [-0.4, -0.2) is 96.8 Å². The fraction of sp³-hybridized carbons (Fsp3) is 0.618. The minimum Gasteiger partial charge on any atom is -0.378 e. The van der Waals surface area contributed by atoms with Crippen LogP contribution in [0.3, 0.4) is 0 Å². The summed E-state index contributed by atoms with van der Waals surface area (Å²) in [6.45, 7) is 12.1. The van der Waals surface area contributed by atoms with E-state index < -0.39 is 17.6 Å². The van der Waals surface area contributed by atoms with Crippen molar-refractivity contribution in [2.45, 2.75) is 75.2 Å². The van der Waals surface area contributed by atoms with Gasteiger partial charge in [-0.1, -0.05) is 6.58 Å². The van der Waals surface area contributed by atoms with E-state index in [0.29, 0.717) is 63.2 Å². The lowest BCUT2D eigenvalue weighted by Gasteiger charge is -2.55. The lowest BCUT2D eigenvalue weighted by molar-refractivity contribution is -0.154. The zero-order valence-corrected chi connectivity index (χ0v) is 26.0. The second-order valence-electron chi connectivity index (χ2n) is 13.6. The zero-order chi connectivity index (χ0) is 30.9. The van der Waals surface area contributed by atoms with Gasteiger partial charge in [0.1, 0.15) is 17.1 Å². The summed E-state index contributed by atoms with van der Waals surface area (Å²) in [4.78, 5) is 30.4. The number of carbonyl (C=O) groups excluding carboxylic acids is 1. The molecule has 6 aliphatic rings. The molecule has 0 saturated carbocycles. The van der Waals surface area contributed by atoms with Crippen LogP contribution >= 0.6 is 0 Å². The van der Waals surface area contributed by atoms with Crippen molar-refractivity contribution in [3.63, 3.8) is 0 Å². The minimum absolute atomic E-state index is 0.0148. The molecule has 1 unspecified atom stereocenters. The SMILES string of the molecule is C=CC(=O)N1CCN([C@@H]2CN3c4cc(N5CCC6(CC5)O[C@]5(CCOC5)c5nccc(C)c56)nc(C(F)F)c4CCCC23)CC1. The molecule has 9 nitrogen and oxygen atoms in total. The van der Waals surface area contributed by atoms with Crippen molar-refractivity contribution in [2.75, 3.05) is 68.8 Å². The summed E-state index contributed by atoms with van der Waals surface area (Å²) in [5.74, 6) is 0.624. The molecule has 3 atom stereocenters. The molecule has 4 fully saturated rings. The molecule has 2 aromatic rings. The van der Waals surface area contributed by atoms with E-state index in [1.54, 1.807) is 0 Å². The molecule has 11 heteroatoms. The average Bonchev–Trinajstić information content (AvgIpc) is 3.58. The number of pyridine rings is 2. The van der Waals surface area contributed by atoms with Crippen LogP contribution in [0.4, 0.5) is 20.3 Å². The van der Waals surface area contributed by atoms with E-state index in [-0.39, 0.29) is 17.6 Å². The van der Waals surface area contributed by atoms with Crippen LogP contribution in [0.5, 0.6) is 0 Å².